The van der Waals surface area contributed by atoms with Crippen LogP contribution in [0.2, 0.25) is 0 Å². The largest absolute Gasteiger partial charge is 0.273 e. The fourth-order valence-corrected chi connectivity index (χ4v) is 0.465. The monoisotopic (exact) mass is 107 g/mol. The van der Waals surface area contributed by atoms with Gasteiger partial charge < -0.3 is 0 Å². The standard InChI is InChI=1S/C3HN5/c1-4-2-6-3(5-1)8-7-2/h1H. The van der Waals surface area contributed by atoms with Crippen LogP contribution in [0.25, 0.3) is 0 Å². The van der Waals surface area contributed by atoms with Crippen LogP contribution in [0.5, 0.6) is 0 Å². The van der Waals surface area contributed by atoms with E-state index in [1.54, 1.807) is 0 Å². The summed E-state index contributed by atoms with van der Waals surface area (Å²) in [5, 5.41) is 7.09. The van der Waals surface area contributed by atoms with E-state index in [1.165, 1.54) is 6.33 Å². The van der Waals surface area contributed by atoms with Crippen LogP contribution in [0.1, 0.15) is 0 Å². The summed E-state index contributed by atoms with van der Waals surface area (Å²) < 4.78 is 0. The van der Waals surface area contributed by atoms with E-state index in [0.29, 0.717) is 11.9 Å². The molecule has 2 bridgehead atoms. The molecule has 0 N–H and O–H groups in total. The molecule has 0 saturated heterocycles. The maximum absolute atomic E-state index is 3.73. The third kappa shape index (κ3) is 0.324. The zero-order valence-electron chi connectivity index (χ0n) is 3.81. The van der Waals surface area contributed by atoms with Crippen molar-refractivity contribution in [3.8, 4) is 0 Å². The molecule has 0 aliphatic carbocycles. The van der Waals surface area contributed by atoms with Crippen molar-refractivity contribution in [3.63, 3.8) is 0 Å². The topological polar surface area (TPSA) is 63.4 Å². The molecule has 5 heteroatoms. The Morgan fingerprint density at radius 2 is 1.62 bits per heavy atom. The number of fused-ring (bicyclic) bond motifs is 2. The number of hydrogen-bond donors (Lipinski definition) is 0. The highest BCUT2D eigenvalue weighted by molar-refractivity contribution is 5.26. The summed E-state index contributed by atoms with van der Waals surface area (Å²) in [5.41, 5.74) is 0. The van der Waals surface area contributed by atoms with Gasteiger partial charge in [0.25, 0.3) is 11.9 Å². The number of aromatic nitrogens is 3. The predicted molar refractivity (Wildman–Crippen MR) is 24.0 cm³/mol. The van der Waals surface area contributed by atoms with Gasteiger partial charge in [-0.1, -0.05) is 0 Å². The molecule has 0 amide bonds. The molecule has 38 valence electrons. The molecule has 0 radical (unpaired) electrons. The lowest BCUT2D eigenvalue weighted by Crippen LogP contribution is -1.75. The molecule has 2 heterocycles. The second-order valence-electron chi connectivity index (χ2n) is 1.29. The Bertz CT molecular complexity index is 220. The number of azo groups is 1. The van der Waals surface area contributed by atoms with Crippen molar-refractivity contribution in [1.29, 1.82) is 0 Å². The van der Waals surface area contributed by atoms with Crippen molar-refractivity contribution in [2.75, 3.05) is 0 Å². The highest BCUT2D eigenvalue weighted by Gasteiger charge is 2.03. The Labute approximate surface area is 44.5 Å². The van der Waals surface area contributed by atoms with E-state index in [1.807, 2.05) is 0 Å². The summed E-state index contributed by atoms with van der Waals surface area (Å²) in [6, 6.07) is 0. The minimum atomic E-state index is 0.398. The van der Waals surface area contributed by atoms with Crippen molar-refractivity contribution in [1.82, 2.24) is 15.0 Å². The third-order valence-corrected chi connectivity index (χ3v) is 0.775. The van der Waals surface area contributed by atoms with Crippen molar-refractivity contribution in [3.05, 3.63) is 6.33 Å². The first-order valence-electron chi connectivity index (χ1n) is 2.06. The van der Waals surface area contributed by atoms with Gasteiger partial charge in [0.1, 0.15) is 6.33 Å². The van der Waals surface area contributed by atoms with E-state index in [9.17, 15) is 0 Å². The molecule has 0 unspecified atom stereocenters. The first-order valence-corrected chi connectivity index (χ1v) is 2.06. The second-order valence-corrected chi connectivity index (χ2v) is 1.29. The van der Waals surface area contributed by atoms with Crippen molar-refractivity contribution in [2.45, 2.75) is 0 Å². The average molecular weight is 107 g/mol. The van der Waals surface area contributed by atoms with E-state index in [-0.39, 0.29) is 0 Å². The van der Waals surface area contributed by atoms with Crippen LogP contribution in [0.15, 0.2) is 16.6 Å². The Hall–Kier alpha value is -1.39. The summed E-state index contributed by atoms with van der Waals surface area (Å²) in [6.07, 6.45) is 1.39. The van der Waals surface area contributed by atoms with Crippen LogP contribution < -0.4 is 0 Å². The predicted octanol–water partition coefficient (Wildman–Crippen LogP) is 0.600. The van der Waals surface area contributed by atoms with Crippen molar-refractivity contribution < 1.29 is 0 Å². The quantitative estimate of drug-likeness (QED) is 0.495. The van der Waals surface area contributed by atoms with Crippen LogP contribution in [-0.4, -0.2) is 15.0 Å². The maximum Gasteiger partial charge on any atom is 0.273 e. The first-order chi connectivity index (χ1) is 3.95. The highest BCUT2D eigenvalue weighted by atomic mass is 15.3. The Morgan fingerprint density at radius 3 is 2.12 bits per heavy atom. The second kappa shape index (κ2) is 1.06. The summed E-state index contributed by atoms with van der Waals surface area (Å²) in [7, 11) is 0. The molecule has 0 saturated carbocycles. The van der Waals surface area contributed by atoms with E-state index in [2.05, 4.69) is 25.2 Å². The van der Waals surface area contributed by atoms with Crippen LogP contribution >= 0.6 is 0 Å². The molecule has 0 aromatic carbocycles. The summed E-state index contributed by atoms with van der Waals surface area (Å²) >= 11 is 0. The van der Waals surface area contributed by atoms with Gasteiger partial charge in [0.2, 0.25) is 0 Å². The third-order valence-electron chi connectivity index (χ3n) is 0.775. The molecule has 0 atom stereocenters. The van der Waals surface area contributed by atoms with E-state index >= 15 is 0 Å². The molecular weight excluding hydrogens is 106 g/mol. The fraction of sp³-hybridized carbons (Fsp3) is 0. The number of hydrogen-bond acceptors (Lipinski definition) is 5. The lowest BCUT2D eigenvalue weighted by molar-refractivity contribution is 1.09. The van der Waals surface area contributed by atoms with Gasteiger partial charge in [-0.3, -0.25) is 0 Å². The Balaban J connectivity index is 2.82. The average Bonchev–Trinajstić information content (AvgIpc) is 2.12. The molecule has 8 heavy (non-hydrogen) atoms. The summed E-state index contributed by atoms with van der Waals surface area (Å²) in [6.45, 7) is 0. The van der Waals surface area contributed by atoms with Gasteiger partial charge in [-0.15, -0.1) is 10.2 Å². The molecule has 0 fully saturated rings. The molecule has 2 rings (SSSR count). The van der Waals surface area contributed by atoms with Gasteiger partial charge in [0, 0.05) is 0 Å². The fourth-order valence-electron chi connectivity index (χ4n) is 0.465. The molecule has 1 aromatic heterocycles. The number of nitrogens with zero attached hydrogens (tertiary/aromatic N) is 5. The molecule has 1 aliphatic rings. The lowest BCUT2D eigenvalue weighted by Gasteiger charge is -1.76. The van der Waals surface area contributed by atoms with Crippen LogP contribution in [0.4, 0.5) is 11.9 Å². The van der Waals surface area contributed by atoms with Crippen molar-refractivity contribution >= 4 is 11.9 Å². The minimum Gasteiger partial charge on any atom is -0.198 e. The van der Waals surface area contributed by atoms with Gasteiger partial charge in [-0.25, -0.2) is 0 Å². The SMILES string of the molecule is c1nc2nc(n1)N=N2. The van der Waals surface area contributed by atoms with E-state index in [4.69, 9.17) is 0 Å². The highest BCUT2D eigenvalue weighted by Crippen LogP contribution is 2.16. The summed E-state index contributed by atoms with van der Waals surface area (Å²) in [4.78, 5) is 11.1. The van der Waals surface area contributed by atoms with Crippen LogP contribution in [0, 0.1) is 0 Å². The Morgan fingerprint density at radius 1 is 1.00 bits per heavy atom. The summed E-state index contributed by atoms with van der Waals surface area (Å²) in [5.74, 6) is 0.796. The van der Waals surface area contributed by atoms with Crippen LogP contribution in [-0.2, 0) is 0 Å². The zero-order chi connectivity index (χ0) is 5.40. The van der Waals surface area contributed by atoms with Gasteiger partial charge in [-0.2, -0.15) is 15.0 Å². The zero-order valence-corrected chi connectivity index (χ0v) is 3.81. The Kier molecular flexibility index (Phi) is 0.476. The first kappa shape index (κ1) is 3.59. The smallest absolute Gasteiger partial charge is 0.198 e. The lowest BCUT2D eigenvalue weighted by atomic mass is 10.9. The van der Waals surface area contributed by atoms with E-state index < -0.39 is 0 Å². The minimum absolute atomic E-state index is 0.398. The normalized spacial score (nSPS) is 12.5. The van der Waals surface area contributed by atoms with Gasteiger partial charge in [0.05, 0.1) is 0 Å². The van der Waals surface area contributed by atoms with E-state index in [0.717, 1.165) is 0 Å². The maximum atomic E-state index is 3.73. The molecule has 1 aliphatic heterocycles. The van der Waals surface area contributed by atoms with Crippen molar-refractivity contribution in [2.24, 2.45) is 10.2 Å². The number of rotatable bonds is 0. The molecule has 5 nitrogen and oxygen atoms in total. The molecule has 0 spiro atoms. The molecule has 1 aromatic rings. The molecular formula is C3HN5. The van der Waals surface area contributed by atoms with Gasteiger partial charge >= 0.3 is 0 Å². The van der Waals surface area contributed by atoms with Gasteiger partial charge in [-0.05, 0) is 0 Å². The van der Waals surface area contributed by atoms with Gasteiger partial charge in [0.15, 0.2) is 0 Å². The van der Waals surface area contributed by atoms with Crippen LogP contribution in [0.3, 0.4) is 0 Å².